The number of amides is 1. The lowest BCUT2D eigenvalue weighted by atomic mass is 9.98. The molecule has 1 unspecified atom stereocenters. The fourth-order valence-electron chi connectivity index (χ4n) is 2.20. The molecule has 1 amide bonds. The highest BCUT2D eigenvalue weighted by atomic mass is 32.2. The van der Waals surface area contributed by atoms with Crippen LogP contribution in [-0.4, -0.2) is 20.6 Å². The van der Waals surface area contributed by atoms with Crippen LogP contribution in [0.25, 0.3) is 0 Å². The van der Waals surface area contributed by atoms with Gasteiger partial charge in [0.05, 0.1) is 10.9 Å². The smallest absolute Gasteiger partial charge is 0.217 e. The van der Waals surface area contributed by atoms with E-state index in [1.165, 1.54) is 25.1 Å². The van der Waals surface area contributed by atoms with Crippen molar-refractivity contribution in [3.8, 4) is 0 Å². The van der Waals surface area contributed by atoms with Crippen LogP contribution in [0.1, 0.15) is 24.1 Å². The third kappa shape index (κ3) is 4.13. The van der Waals surface area contributed by atoms with Gasteiger partial charge in [0, 0.05) is 18.7 Å². The molecule has 2 aromatic rings. The predicted molar refractivity (Wildman–Crippen MR) is 81.6 cm³/mol. The summed E-state index contributed by atoms with van der Waals surface area (Å²) in [7, 11) is -3.47. The first-order valence-electron chi connectivity index (χ1n) is 6.70. The minimum Gasteiger partial charge on any atom is -0.345 e. The molecule has 0 heterocycles. The number of sulfone groups is 1. The minimum absolute atomic E-state index is 0.0298. The first-order chi connectivity index (χ1) is 10.7. The topological polar surface area (TPSA) is 63.2 Å². The lowest BCUT2D eigenvalue weighted by Crippen LogP contribution is -2.28. The average molecular weight is 339 g/mol. The molecular weight excluding hydrogens is 324 g/mol. The number of hydrogen-bond donors (Lipinski definition) is 1. The van der Waals surface area contributed by atoms with Crippen LogP contribution in [0.5, 0.6) is 0 Å². The van der Waals surface area contributed by atoms with Gasteiger partial charge in [-0.05, 0) is 35.9 Å². The average Bonchev–Trinajstić information content (AvgIpc) is 2.46. The van der Waals surface area contributed by atoms with Crippen LogP contribution in [0.3, 0.4) is 0 Å². The Morgan fingerprint density at radius 3 is 2.43 bits per heavy atom. The van der Waals surface area contributed by atoms with E-state index in [1.54, 1.807) is 6.07 Å². The van der Waals surface area contributed by atoms with E-state index >= 15 is 0 Å². The van der Waals surface area contributed by atoms with Gasteiger partial charge in [0.25, 0.3) is 0 Å². The molecule has 2 rings (SSSR count). The van der Waals surface area contributed by atoms with Crippen molar-refractivity contribution in [1.82, 2.24) is 5.32 Å². The Hall–Kier alpha value is -2.28. The van der Waals surface area contributed by atoms with Gasteiger partial charge in [-0.3, -0.25) is 4.79 Å². The van der Waals surface area contributed by atoms with Crippen LogP contribution < -0.4 is 5.32 Å². The maximum absolute atomic E-state index is 14.1. The Morgan fingerprint density at radius 2 is 1.83 bits per heavy atom. The van der Waals surface area contributed by atoms with Gasteiger partial charge in [-0.15, -0.1) is 0 Å². The van der Waals surface area contributed by atoms with Gasteiger partial charge in [0.15, 0.2) is 9.84 Å². The summed E-state index contributed by atoms with van der Waals surface area (Å²) in [5.41, 5.74) is 0.262. The van der Waals surface area contributed by atoms with Crippen LogP contribution >= 0.6 is 0 Å². The molecule has 23 heavy (non-hydrogen) atoms. The summed E-state index contributed by atoms with van der Waals surface area (Å²) in [4.78, 5) is 11.5. The summed E-state index contributed by atoms with van der Waals surface area (Å²) in [6, 6.07) is 7.66. The van der Waals surface area contributed by atoms with E-state index in [1.807, 2.05) is 0 Å². The van der Waals surface area contributed by atoms with Gasteiger partial charge < -0.3 is 5.32 Å². The van der Waals surface area contributed by atoms with Crippen molar-refractivity contribution in [3.63, 3.8) is 0 Å². The maximum atomic E-state index is 14.1. The van der Waals surface area contributed by atoms with E-state index in [-0.39, 0.29) is 10.5 Å². The highest BCUT2D eigenvalue weighted by molar-refractivity contribution is 7.90. The number of halogens is 2. The van der Waals surface area contributed by atoms with Gasteiger partial charge in [-0.25, -0.2) is 17.2 Å². The van der Waals surface area contributed by atoms with Crippen molar-refractivity contribution in [2.24, 2.45) is 0 Å². The van der Waals surface area contributed by atoms with E-state index in [2.05, 4.69) is 5.32 Å². The first kappa shape index (κ1) is 17.1. The molecule has 0 radical (unpaired) electrons. The number of benzene rings is 2. The van der Waals surface area contributed by atoms with E-state index < -0.39 is 33.4 Å². The second kappa shape index (κ2) is 6.45. The van der Waals surface area contributed by atoms with Crippen molar-refractivity contribution < 1.29 is 22.0 Å². The number of rotatable bonds is 4. The Morgan fingerprint density at radius 1 is 1.13 bits per heavy atom. The van der Waals surface area contributed by atoms with Gasteiger partial charge in [-0.2, -0.15) is 0 Å². The van der Waals surface area contributed by atoms with Crippen molar-refractivity contribution in [2.45, 2.75) is 17.9 Å². The number of hydrogen-bond acceptors (Lipinski definition) is 3. The Bertz CT molecular complexity index is 850. The summed E-state index contributed by atoms with van der Waals surface area (Å²) in [6.45, 7) is 1.24. The quantitative estimate of drug-likeness (QED) is 0.931. The third-order valence-corrected chi connectivity index (χ3v) is 4.35. The predicted octanol–water partition coefficient (Wildman–Crippen LogP) is 2.59. The van der Waals surface area contributed by atoms with Crippen LogP contribution in [0.2, 0.25) is 0 Å². The molecule has 2 aromatic carbocycles. The molecule has 0 spiro atoms. The van der Waals surface area contributed by atoms with Gasteiger partial charge in [0.2, 0.25) is 5.91 Å². The number of nitrogens with one attached hydrogen (secondary N) is 1. The maximum Gasteiger partial charge on any atom is 0.217 e. The van der Waals surface area contributed by atoms with Crippen LogP contribution in [0.15, 0.2) is 47.4 Å². The molecule has 7 heteroatoms. The molecule has 0 saturated heterocycles. The summed E-state index contributed by atoms with van der Waals surface area (Å²) in [5, 5.41) is 2.52. The fourth-order valence-corrected chi connectivity index (χ4v) is 2.88. The SMILES string of the molecule is CC(=O)NC(c1cccc(S(C)(=O)=O)c1)c1cc(F)ccc1F. The second-order valence-corrected chi connectivity index (χ2v) is 7.16. The molecule has 4 nitrogen and oxygen atoms in total. The van der Waals surface area contributed by atoms with E-state index in [0.29, 0.717) is 5.56 Å². The zero-order valence-electron chi connectivity index (χ0n) is 12.5. The van der Waals surface area contributed by atoms with Crippen LogP contribution in [-0.2, 0) is 14.6 Å². The third-order valence-electron chi connectivity index (χ3n) is 3.24. The van der Waals surface area contributed by atoms with Crippen molar-refractivity contribution in [3.05, 3.63) is 65.2 Å². The molecule has 122 valence electrons. The van der Waals surface area contributed by atoms with Gasteiger partial charge >= 0.3 is 0 Å². The molecule has 0 aromatic heterocycles. The highest BCUT2D eigenvalue weighted by Crippen LogP contribution is 2.27. The normalized spacial score (nSPS) is 12.7. The summed E-state index contributed by atoms with van der Waals surface area (Å²) >= 11 is 0. The molecule has 0 saturated carbocycles. The zero-order valence-corrected chi connectivity index (χ0v) is 13.3. The Kier molecular flexibility index (Phi) is 4.79. The monoisotopic (exact) mass is 339 g/mol. The fraction of sp³-hybridized carbons (Fsp3) is 0.188. The highest BCUT2D eigenvalue weighted by Gasteiger charge is 2.21. The summed E-state index contributed by atoms with van der Waals surface area (Å²) in [5.74, 6) is -1.81. The van der Waals surface area contributed by atoms with E-state index in [0.717, 1.165) is 24.5 Å². The summed E-state index contributed by atoms with van der Waals surface area (Å²) < 4.78 is 50.8. The standard InChI is InChI=1S/C16H15F2NO3S/c1-10(20)19-16(14-9-12(17)6-7-15(14)18)11-4-3-5-13(8-11)23(2,21)22/h3-9,16H,1-2H3,(H,19,20). The van der Waals surface area contributed by atoms with Crippen molar-refractivity contribution in [2.75, 3.05) is 6.26 Å². The largest absolute Gasteiger partial charge is 0.345 e. The van der Waals surface area contributed by atoms with Crippen LogP contribution in [0.4, 0.5) is 8.78 Å². The molecule has 0 fully saturated rings. The molecule has 0 aliphatic heterocycles. The Labute approximate surface area is 133 Å². The van der Waals surface area contributed by atoms with Crippen molar-refractivity contribution >= 4 is 15.7 Å². The molecule has 0 aliphatic carbocycles. The number of carbonyl (C=O) groups is 1. The van der Waals surface area contributed by atoms with Gasteiger partial charge in [0.1, 0.15) is 11.6 Å². The van der Waals surface area contributed by atoms with Gasteiger partial charge in [-0.1, -0.05) is 12.1 Å². The lowest BCUT2D eigenvalue weighted by Gasteiger charge is -2.20. The number of carbonyl (C=O) groups excluding carboxylic acids is 1. The molecule has 0 bridgehead atoms. The zero-order chi connectivity index (χ0) is 17.2. The van der Waals surface area contributed by atoms with Crippen molar-refractivity contribution in [1.29, 1.82) is 0 Å². The first-order valence-corrected chi connectivity index (χ1v) is 8.59. The van der Waals surface area contributed by atoms with E-state index in [4.69, 9.17) is 0 Å². The lowest BCUT2D eigenvalue weighted by molar-refractivity contribution is -0.119. The summed E-state index contributed by atoms with van der Waals surface area (Å²) in [6.07, 6.45) is 1.04. The molecule has 0 aliphatic rings. The van der Waals surface area contributed by atoms with E-state index in [9.17, 15) is 22.0 Å². The second-order valence-electron chi connectivity index (χ2n) is 5.14. The van der Waals surface area contributed by atoms with Crippen LogP contribution in [0, 0.1) is 11.6 Å². The molecular formula is C16H15F2NO3S. The molecule has 1 N–H and O–H groups in total. The Balaban J connectivity index is 2.60. The molecule has 1 atom stereocenters. The minimum atomic E-state index is -3.47.